The van der Waals surface area contributed by atoms with Gasteiger partial charge < -0.3 is 15.2 Å². The first kappa shape index (κ1) is 20.1. The molecule has 8 heteroatoms. The Morgan fingerprint density at radius 1 is 1.43 bits per heavy atom. The Morgan fingerprint density at radius 3 is 3.00 bits per heavy atom. The number of amides is 1. The van der Waals surface area contributed by atoms with Crippen LogP contribution < -0.4 is 10.1 Å². The van der Waals surface area contributed by atoms with Crippen LogP contribution in [0.4, 0.5) is 0 Å². The number of carbonyl (C=O) groups is 1. The maximum Gasteiger partial charge on any atom is 0.273 e. The van der Waals surface area contributed by atoms with Gasteiger partial charge in [0.15, 0.2) is 5.69 Å². The Kier molecular flexibility index (Phi) is 6.51. The number of methoxy groups -OCH3 is 1. The van der Waals surface area contributed by atoms with Gasteiger partial charge in [-0.2, -0.15) is 0 Å². The van der Waals surface area contributed by atoms with Crippen LogP contribution in [0.15, 0.2) is 24.4 Å². The van der Waals surface area contributed by atoms with Crippen LogP contribution in [0.5, 0.6) is 11.5 Å². The fourth-order valence-electron chi connectivity index (χ4n) is 3.39. The van der Waals surface area contributed by atoms with Crippen LogP contribution >= 0.6 is 0 Å². The van der Waals surface area contributed by atoms with Gasteiger partial charge in [0.2, 0.25) is 0 Å². The van der Waals surface area contributed by atoms with Crippen molar-refractivity contribution in [2.45, 2.75) is 39.3 Å². The number of phenolic OH excluding ortho intramolecular Hbond substituents is 1. The highest BCUT2D eigenvalue weighted by Gasteiger charge is 2.24. The van der Waals surface area contributed by atoms with E-state index in [0.29, 0.717) is 24.7 Å². The van der Waals surface area contributed by atoms with E-state index in [1.54, 1.807) is 30.1 Å². The molecule has 2 heterocycles. The molecular formula is C20H29N5O3. The zero-order valence-electron chi connectivity index (χ0n) is 16.8. The number of hydrogen-bond donors (Lipinski definition) is 2. The van der Waals surface area contributed by atoms with Crippen LogP contribution in [-0.2, 0) is 6.54 Å². The van der Waals surface area contributed by atoms with Crippen LogP contribution in [0, 0.1) is 5.92 Å². The zero-order chi connectivity index (χ0) is 20.1. The van der Waals surface area contributed by atoms with Crippen LogP contribution in [0.3, 0.4) is 0 Å². The van der Waals surface area contributed by atoms with Crippen LogP contribution in [0.1, 0.15) is 48.8 Å². The molecule has 0 bridgehead atoms. The summed E-state index contributed by atoms with van der Waals surface area (Å²) in [6.45, 7) is 7.08. The van der Waals surface area contributed by atoms with Gasteiger partial charge in [-0.15, -0.1) is 5.10 Å². The van der Waals surface area contributed by atoms with Gasteiger partial charge in [-0.3, -0.25) is 9.69 Å². The second kappa shape index (κ2) is 9.05. The molecule has 0 radical (unpaired) electrons. The molecule has 0 spiro atoms. The summed E-state index contributed by atoms with van der Waals surface area (Å²) >= 11 is 0. The van der Waals surface area contributed by atoms with Crippen LogP contribution in [-0.4, -0.2) is 57.7 Å². The van der Waals surface area contributed by atoms with Gasteiger partial charge in [0.1, 0.15) is 11.5 Å². The van der Waals surface area contributed by atoms with E-state index in [0.717, 1.165) is 37.2 Å². The molecule has 3 rings (SSSR count). The molecule has 1 amide bonds. The summed E-state index contributed by atoms with van der Waals surface area (Å²) in [5.41, 5.74) is 1.19. The van der Waals surface area contributed by atoms with Gasteiger partial charge in [-0.05, 0) is 43.5 Å². The summed E-state index contributed by atoms with van der Waals surface area (Å²) in [4.78, 5) is 14.5. The SMILES string of the molecule is COc1ccc(O)c(CN2CCC[C@@H](n3cc(C(=O)NCC(C)C)nn3)C2)c1. The standard InChI is InChI=1S/C20H29N5O3/c1-14(2)10-21-20(27)18-13-25(23-22-18)16-5-4-8-24(12-16)11-15-9-17(28-3)6-7-19(15)26/h6-7,9,13-14,16,26H,4-5,8,10-12H2,1-3H3,(H,21,27)/t16-/m1/s1. The lowest BCUT2D eigenvalue weighted by Crippen LogP contribution is -2.36. The van der Waals surface area contributed by atoms with Crippen molar-refractivity contribution >= 4 is 5.91 Å². The number of benzene rings is 1. The number of aromatic hydroxyl groups is 1. The van der Waals surface area contributed by atoms with E-state index in [1.165, 1.54) is 0 Å². The van der Waals surface area contributed by atoms with Gasteiger partial charge in [0.25, 0.3) is 5.91 Å². The summed E-state index contributed by atoms with van der Waals surface area (Å²) in [6.07, 6.45) is 3.73. The van der Waals surface area contributed by atoms with Crippen LogP contribution in [0.25, 0.3) is 0 Å². The minimum atomic E-state index is -0.186. The van der Waals surface area contributed by atoms with E-state index in [1.807, 2.05) is 19.9 Å². The topological polar surface area (TPSA) is 92.5 Å². The number of ether oxygens (including phenoxy) is 1. The first-order valence-electron chi connectivity index (χ1n) is 9.74. The maximum atomic E-state index is 12.2. The fraction of sp³-hybridized carbons (Fsp3) is 0.550. The predicted molar refractivity (Wildman–Crippen MR) is 105 cm³/mol. The highest BCUT2D eigenvalue weighted by Crippen LogP contribution is 2.27. The highest BCUT2D eigenvalue weighted by molar-refractivity contribution is 5.91. The highest BCUT2D eigenvalue weighted by atomic mass is 16.5. The average Bonchev–Trinajstić information content (AvgIpc) is 3.18. The Morgan fingerprint density at radius 2 is 2.25 bits per heavy atom. The van der Waals surface area contributed by atoms with E-state index in [9.17, 15) is 9.90 Å². The van der Waals surface area contributed by atoms with Gasteiger partial charge >= 0.3 is 0 Å². The number of phenols is 1. The van der Waals surface area contributed by atoms with Crippen molar-refractivity contribution in [3.05, 3.63) is 35.7 Å². The lowest BCUT2D eigenvalue weighted by molar-refractivity contribution is 0.0944. The largest absolute Gasteiger partial charge is 0.508 e. The third kappa shape index (κ3) is 5.01. The Balaban J connectivity index is 1.63. The molecule has 0 unspecified atom stereocenters. The fourth-order valence-corrected chi connectivity index (χ4v) is 3.39. The van der Waals surface area contributed by atoms with E-state index >= 15 is 0 Å². The second-order valence-corrected chi connectivity index (χ2v) is 7.71. The average molecular weight is 387 g/mol. The van der Waals surface area contributed by atoms with Gasteiger partial charge in [0, 0.05) is 25.2 Å². The molecule has 152 valence electrons. The monoisotopic (exact) mass is 387 g/mol. The first-order chi connectivity index (χ1) is 13.5. The second-order valence-electron chi connectivity index (χ2n) is 7.71. The molecule has 1 atom stereocenters. The van der Waals surface area contributed by atoms with Gasteiger partial charge in [-0.25, -0.2) is 4.68 Å². The van der Waals surface area contributed by atoms with Crippen molar-refractivity contribution < 1.29 is 14.6 Å². The van der Waals surface area contributed by atoms with Crippen molar-refractivity contribution in [3.63, 3.8) is 0 Å². The minimum absolute atomic E-state index is 0.153. The van der Waals surface area contributed by atoms with E-state index in [4.69, 9.17) is 4.74 Å². The molecule has 2 N–H and O–H groups in total. The molecule has 8 nitrogen and oxygen atoms in total. The zero-order valence-corrected chi connectivity index (χ0v) is 16.8. The summed E-state index contributed by atoms with van der Waals surface area (Å²) in [7, 11) is 1.62. The van der Waals surface area contributed by atoms with Gasteiger partial charge in [0.05, 0.1) is 19.3 Å². The normalized spacial score (nSPS) is 17.6. The Labute approximate surface area is 165 Å². The molecule has 1 fully saturated rings. The number of nitrogens with one attached hydrogen (secondary N) is 1. The molecule has 2 aromatic rings. The van der Waals surface area contributed by atoms with E-state index in [-0.39, 0.29) is 17.7 Å². The van der Waals surface area contributed by atoms with E-state index in [2.05, 4.69) is 20.5 Å². The molecule has 0 aliphatic carbocycles. The summed E-state index contributed by atoms with van der Waals surface area (Å²) in [6, 6.07) is 5.43. The van der Waals surface area contributed by atoms with Crippen molar-refractivity contribution in [1.82, 2.24) is 25.2 Å². The number of hydrogen-bond acceptors (Lipinski definition) is 6. The minimum Gasteiger partial charge on any atom is -0.508 e. The molecular weight excluding hydrogens is 358 g/mol. The summed E-state index contributed by atoms with van der Waals surface area (Å²) in [5.74, 6) is 1.20. The number of likely N-dealkylation sites (tertiary alicyclic amines) is 1. The molecule has 1 aliphatic heterocycles. The molecule has 1 aromatic heterocycles. The quantitative estimate of drug-likeness (QED) is 0.757. The van der Waals surface area contributed by atoms with Crippen molar-refractivity contribution in [2.75, 3.05) is 26.7 Å². The maximum absolute atomic E-state index is 12.2. The van der Waals surface area contributed by atoms with Crippen molar-refractivity contribution in [3.8, 4) is 11.5 Å². The Bertz CT molecular complexity index is 805. The molecule has 0 saturated carbocycles. The number of piperidine rings is 1. The lowest BCUT2D eigenvalue weighted by atomic mass is 10.0. The third-order valence-electron chi connectivity index (χ3n) is 4.95. The van der Waals surface area contributed by atoms with Gasteiger partial charge in [-0.1, -0.05) is 19.1 Å². The summed E-state index contributed by atoms with van der Waals surface area (Å²) in [5, 5.41) is 21.2. The third-order valence-corrected chi connectivity index (χ3v) is 4.95. The van der Waals surface area contributed by atoms with Crippen LogP contribution in [0.2, 0.25) is 0 Å². The molecule has 28 heavy (non-hydrogen) atoms. The lowest BCUT2D eigenvalue weighted by Gasteiger charge is -2.32. The first-order valence-corrected chi connectivity index (χ1v) is 9.74. The molecule has 1 aromatic carbocycles. The number of nitrogens with zero attached hydrogens (tertiary/aromatic N) is 4. The van der Waals surface area contributed by atoms with Crippen molar-refractivity contribution in [1.29, 1.82) is 0 Å². The number of carbonyl (C=O) groups excluding carboxylic acids is 1. The van der Waals surface area contributed by atoms with Crippen molar-refractivity contribution in [2.24, 2.45) is 5.92 Å². The number of rotatable bonds is 7. The molecule has 1 aliphatic rings. The van der Waals surface area contributed by atoms with E-state index < -0.39 is 0 Å². The number of aromatic nitrogens is 3. The predicted octanol–water partition coefficient (Wildman–Crippen LogP) is 2.22. The Hall–Kier alpha value is -2.61. The molecule has 1 saturated heterocycles. The summed E-state index contributed by atoms with van der Waals surface area (Å²) < 4.78 is 7.05. The smallest absolute Gasteiger partial charge is 0.273 e.